The summed E-state index contributed by atoms with van der Waals surface area (Å²) in [5.41, 5.74) is 2.40. The van der Waals surface area contributed by atoms with Crippen LogP contribution in [0.3, 0.4) is 0 Å². The number of aryl methyl sites for hydroxylation is 2. The second-order valence-electron chi connectivity index (χ2n) is 11.1. The van der Waals surface area contributed by atoms with Gasteiger partial charge in [-0.1, -0.05) is 38.5 Å². The van der Waals surface area contributed by atoms with E-state index in [0.717, 1.165) is 11.1 Å². The average Bonchev–Trinajstić information content (AvgIpc) is 3.17. The van der Waals surface area contributed by atoms with Gasteiger partial charge in [-0.05, 0) is 62.4 Å². The highest BCUT2D eigenvalue weighted by Crippen LogP contribution is 2.36. The van der Waals surface area contributed by atoms with Gasteiger partial charge in [-0.3, -0.25) is 4.79 Å². The molecule has 11 nitrogen and oxygen atoms in total. The van der Waals surface area contributed by atoms with Crippen LogP contribution in [-0.2, 0) is 19.6 Å². The Labute approximate surface area is 240 Å². The van der Waals surface area contributed by atoms with Gasteiger partial charge in [0.05, 0.1) is 5.69 Å². The Hall–Kier alpha value is -3.74. The van der Waals surface area contributed by atoms with Crippen LogP contribution in [0.15, 0.2) is 41.3 Å². The minimum Gasteiger partial charge on any atom is -0.476 e. The lowest BCUT2D eigenvalue weighted by Crippen LogP contribution is -2.26. The number of sulfonamides is 1. The van der Waals surface area contributed by atoms with Gasteiger partial charge in [0.1, 0.15) is 10.6 Å². The van der Waals surface area contributed by atoms with Gasteiger partial charge in [0.25, 0.3) is 0 Å². The summed E-state index contributed by atoms with van der Waals surface area (Å²) in [6, 6.07) is 9.85. The maximum atomic E-state index is 13.5. The molecule has 2 aromatic carbocycles. The van der Waals surface area contributed by atoms with Crippen LogP contribution in [0.25, 0.3) is 5.69 Å². The van der Waals surface area contributed by atoms with Crippen LogP contribution in [0.2, 0.25) is 0 Å². The van der Waals surface area contributed by atoms with Gasteiger partial charge in [-0.25, -0.2) is 17.9 Å². The predicted octanol–water partition coefficient (Wildman–Crippen LogP) is 4.98. The molecule has 1 aromatic heterocycles. The third-order valence-corrected chi connectivity index (χ3v) is 7.57. The number of aromatic carboxylic acids is 1. The zero-order valence-electron chi connectivity index (χ0n) is 24.5. The van der Waals surface area contributed by atoms with Crippen molar-refractivity contribution in [2.45, 2.75) is 59.3 Å². The molecule has 0 spiro atoms. The first-order valence-electron chi connectivity index (χ1n) is 13.1. The molecular formula is C29H38N4O7S. The number of amides is 1. The Morgan fingerprint density at radius 2 is 1.78 bits per heavy atom. The number of ether oxygens (including phenoxy) is 2. The number of nitrogens with one attached hydrogen (secondary N) is 2. The van der Waals surface area contributed by atoms with Crippen LogP contribution in [0.4, 0.5) is 5.69 Å². The number of rotatable bonds is 12. The smallest absolute Gasteiger partial charge is 0.356 e. The molecular weight excluding hydrogens is 548 g/mol. The molecule has 1 heterocycles. The fourth-order valence-electron chi connectivity index (χ4n) is 4.18. The van der Waals surface area contributed by atoms with Crippen LogP contribution >= 0.6 is 0 Å². The molecule has 0 atom stereocenters. The van der Waals surface area contributed by atoms with Crippen molar-refractivity contribution in [3.8, 4) is 17.3 Å². The van der Waals surface area contributed by atoms with Crippen LogP contribution in [-0.4, -0.2) is 55.4 Å². The number of carbonyl (C=O) groups is 2. The van der Waals surface area contributed by atoms with E-state index in [1.54, 1.807) is 13.0 Å². The van der Waals surface area contributed by atoms with E-state index in [1.165, 1.54) is 30.0 Å². The third kappa shape index (κ3) is 8.15. The van der Waals surface area contributed by atoms with E-state index in [4.69, 9.17) is 9.47 Å². The van der Waals surface area contributed by atoms with Crippen molar-refractivity contribution >= 4 is 27.6 Å². The standard InChI is InChI=1S/C29H38N4O7S/c1-18-9-11-22(19(2)15-18)33-27(20(3)26(32-33)28(35)36)40-23-12-10-21(31-25(34)17-29(4,5)6)16-24(23)41(37,38)30-13-8-14-39-7/h9-12,15-16,30H,8,13-14,17H2,1-7H3,(H,31,34)(H,35,36). The second-order valence-corrected chi connectivity index (χ2v) is 12.8. The number of benzene rings is 2. The third-order valence-electron chi connectivity index (χ3n) is 6.08. The van der Waals surface area contributed by atoms with Crippen molar-refractivity contribution < 1.29 is 32.6 Å². The summed E-state index contributed by atoms with van der Waals surface area (Å²) in [6.07, 6.45) is 0.670. The van der Waals surface area contributed by atoms with E-state index in [-0.39, 0.29) is 57.8 Å². The summed E-state index contributed by atoms with van der Waals surface area (Å²) >= 11 is 0. The van der Waals surface area contributed by atoms with Crippen molar-refractivity contribution in [3.63, 3.8) is 0 Å². The molecule has 0 aliphatic carbocycles. The molecule has 41 heavy (non-hydrogen) atoms. The number of carboxylic acids is 1. The number of hydrogen-bond acceptors (Lipinski definition) is 7. The first-order valence-corrected chi connectivity index (χ1v) is 14.6. The Balaban J connectivity index is 2.12. The average molecular weight is 587 g/mol. The Kier molecular flexibility index (Phi) is 9.95. The fourth-order valence-corrected chi connectivity index (χ4v) is 5.41. The van der Waals surface area contributed by atoms with E-state index in [9.17, 15) is 23.1 Å². The maximum absolute atomic E-state index is 13.5. The first-order chi connectivity index (χ1) is 19.1. The molecule has 0 aliphatic rings. The molecule has 12 heteroatoms. The zero-order chi connectivity index (χ0) is 30.5. The van der Waals surface area contributed by atoms with Crippen LogP contribution in [0.1, 0.15) is 60.8 Å². The van der Waals surface area contributed by atoms with Gasteiger partial charge in [0, 0.05) is 37.9 Å². The Morgan fingerprint density at radius 1 is 1.07 bits per heavy atom. The summed E-state index contributed by atoms with van der Waals surface area (Å²) in [6.45, 7) is 11.6. The number of aromatic nitrogens is 2. The van der Waals surface area contributed by atoms with Crippen molar-refractivity contribution in [2.24, 2.45) is 5.41 Å². The quantitative estimate of drug-likeness (QED) is 0.252. The lowest BCUT2D eigenvalue weighted by molar-refractivity contribution is -0.117. The lowest BCUT2D eigenvalue weighted by atomic mass is 9.92. The van der Waals surface area contributed by atoms with Crippen LogP contribution in [0.5, 0.6) is 11.6 Å². The monoisotopic (exact) mass is 586 g/mol. The van der Waals surface area contributed by atoms with Gasteiger partial charge >= 0.3 is 5.97 Å². The summed E-state index contributed by atoms with van der Waals surface area (Å²) in [7, 11) is -2.60. The van der Waals surface area contributed by atoms with Gasteiger partial charge in [-0.15, -0.1) is 0 Å². The van der Waals surface area contributed by atoms with E-state index < -0.39 is 16.0 Å². The molecule has 0 radical (unpaired) electrons. The highest BCUT2D eigenvalue weighted by Gasteiger charge is 2.27. The SMILES string of the molecule is COCCCNS(=O)(=O)c1cc(NC(=O)CC(C)(C)C)ccc1Oc1c(C)c(C(=O)O)nn1-c1ccc(C)cc1C. The molecule has 3 N–H and O–H groups in total. The number of anilines is 1. The van der Waals surface area contributed by atoms with Crippen molar-refractivity contribution in [3.05, 3.63) is 58.8 Å². The first kappa shape index (κ1) is 31.8. The van der Waals surface area contributed by atoms with Crippen LogP contribution in [0, 0.1) is 26.2 Å². The topological polar surface area (TPSA) is 149 Å². The Morgan fingerprint density at radius 3 is 2.39 bits per heavy atom. The minimum absolute atomic E-state index is 0.0507. The zero-order valence-corrected chi connectivity index (χ0v) is 25.3. The van der Waals surface area contributed by atoms with E-state index in [2.05, 4.69) is 15.1 Å². The van der Waals surface area contributed by atoms with Gasteiger partial charge in [-0.2, -0.15) is 9.78 Å². The molecule has 3 rings (SSSR count). The number of hydrogen-bond donors (Lipinski definition) is 3. The predicted molar refractivity (Wildman–Crippen MR) is 156 cm³/mol. The molecule has 222 valence electrons. The molecule has 3 aromatic rings. The number of carboxylic acid groups (broad SMARTS) is 1. The summed E-state index contributed by atoms with van der Waals surface area (Å²) in [4.78, 5) is 24.3. The molecule has 0 unspecified atom stereocenters. The maximum Gasteiger partial charge on any atom is 0.356 e. The highest BCUT2D eigenvalue weighted by atomic mass is 32.2. The molecule has 0 saturated carbocycles. The number of nitrogens with zero attached hydrogens (tertiary/aromatic N) is 2. The van der Waals surface area contributed by atoms with Crippen molar-refractivity contribution in [2.75, 3.05) is 25.6 Å². The van der Waals surface area contributed by atoms with Gasteiger partial charge in [0.2, 0.25) is 21.8 Å². The molecule has 0 bridgehead atoms. The summed E-state index contributed by atoms with van der Waals surface area (Å²) < 4.78 is 42.0. The molecule has 0 fully saturated rings. The van der Waals surface area contributed by atoms with Gasteiger partial charge < -0.3 is 19.9 Å². The Bertz CT molecular complexity index is 1540. The number of methoxy groups -OCH3 is 1. The molecule has 1 amide bonds. The van der Waals surface area contributed by atoms with Crippen LogP contribution < -0.4 is 14.8 Å². The lowest BCUT2D eigenvalue weighted by Gasteiger charge is -2.19. The largest absolute Gasteiger partial charge is 0.476 e. The highest BCUT2D eigenvalue weighted by molar-refractivity contribution is 7.89. The van der Waals surface area contributed by atoms with Crippen molar-refractivity contribution in [1.82, 2.24) is 14.5 Å². The normalized spacial score (nSPS) is 11.9. The minimum atomic E-state index is -4.13. The van der Waals surface area contributed by atoms with Crippen molar-refractivity contribution in [1.29, 1.82) is 0 Å². The van der Waals surface area contributed by atoms with E-state index >= 15 is 0 Å². The number of carbonyl (C=O) groups excluding carboxylic acids is 1. The molecule has 0 aliphatic heterocycles. The summed E-state index contributed by atoms with van der Waals surface area (Å²) in [5, 5.41) is 16.8. The second kappa shape index (κ2) is 12.8. The molecule has 0 saturated heterocycles. The summed E-state index contributed by atoms with van der Waals surface area (Å²) in [5.74, 6) is -1.53. The van der Waals surface area contributed by atoms with E-state index in [1.807, 2.05) is 46.8 Å². The van der Waals surface area contributed by atoms with Gasteiger partial charge in [0.15, 0.2) is 5.69 Å². The fraction of sp³-hybridized carbons (Fsp3) is 0.414. The van der Waals surface area contributed by atoms with E-state index in [0.29, 0.717) is 18.7 Å².